The largest absolute Gasteiger partial charge is 0.478 e. The number of carbonyl (C=O) groups is 2. The van der Waals surface area contributed by atoms with Crippen LogP contribution in [0, 0.1) is 5.82 Å². The van der Waals surface area contributed by atoms with E-state index >= 15 is 0 Å². The van der Waals surface area contributed by atoms with Gasteiger partial charge in [0.05, 0.1) is 5.57 Å². The van der Waals surface area contributed by atoms with Crippen LogP contribution in [0.15, 0.2) is 47.7 Å². The summed E-state index contributed by atoms with van der Waals surface area (Å²) in [5, 5.41) is 20.8. The number of hydrogen-bond donors (Lipinski definition) is 3. The number of rotatable bonds is 5. The fourth-order valence-corrected chi connectivity index (χ4v) is 2.07. The van der Waals surface area contributed by atoms with Crippen LogP contribution in [0.3, 0.4) is 0 Å². The molecule has 2 rings (SSSR count). The Morgan fingerprint density at radius 3 is 2.55 bits per heavy atom. The van der Waals surface area contributed by atoms with Crippen LogP contribution in [0.4, 0.5) is 4.39 Å². The van der Waals surface area contributed by atoms with Gasteiger partial charge in [-0.25, -0.2) is 14.0 Å². The number of aliphatic carboxylic acids is 2. The van der Waals surface area contributed by atoms with E-state index in [0.29, 0.717) is 24.1 Å². The highest BCUT2D eigenvalue weighted by molar-refractivity contribution is 5.95. The molecule has 22 heavy (non-hydrogen) atoms. The van der Waals surface area contributed by atoms with Crippen LogP contribution >= 0.6 is 0 Å². The molecule has 0 spiro atoms. The molecular weight excluding hydrogens is 293 g/mol. The molecule has 1 unspecified atom stereocenters. The van der Waals surface area contributed by atoms with Crippen LogP contribution in [-0.4, -0.2) is 34.7 Å². The summed E-state index contributed by atoms with van der Waals surface area (Å²) in [6, 6.07) is 4.74. The molecule has 0 saturated carbocycles. The zero-order chi connectivity index (χ0) is 16.1. The fourth-order valence-electron chi connectivity index (χ4n) is 2.07. The minimum atomic E-state index is -1.32. The predicted molar refractivity (Wildman–Crippen MR) is 74.9 cm³/mol. The lowest BCUT2D eigenvalue weighted by molar-refractivity contribution is -0.135. The smallest absolute Gasteiger partial charge is 0.333 e. The van der Waals surface area contributed by atoms with Gasteiger partial charge in [-0.05, 0) is 30.3 Å². The first-order valence-corrected chi connectivity index (χ1v) is 6.49. The third-order valence-corrected chi connectivity index (χ3v) is 3.06. The molecule has 1 aliphatic rings. The van der Waals surface area contributed by atoms with E-state index in [-0.39, 0.29) is 17.8 Å². The van der Waals surface area contributed by atoms with Gasteiger partial charge in [0, 0.05) is 25.1 Å². The molecule has 0 saturated heterocycles. The Kier molecular flexibility index (Phi) is 4.90. The Labute approximate surface area is 125 Å². The molecule has 1 aliphatic heterocycles. The Hall–Kier alpha value is -2.67. The number of hydrogen-bond acceptors (Lipinski definition) is 4. The lowest BCUT2D eigenvalue weighted by Crippen LogP contribution is -2.38. The number of carboxylic acids is 2. The number of benzene rings is 1. The van der Waals surface area contributed by atoms with Crippen LogP contribution in [-0.2, 0) is 9.59 Å². The van der Waals surface area contributed by atoms with Crippen molar-refractivity contribution in [2.45, 2.75) is 12.5 Å². The van der Waals surface area contributed by atoms with E-state index in [1.165, 1.54) is 24.3 Å². The molecule has 116 valence electrons. The normalized spacial score (nSPS) is 18.5. The molecule has 0 fully saturated rings. The Balaban J connectivity index is 2.10. The fraction of sp³-hybridized carbons (Fsp3) is 0.200. The monoisotopic (exact) mass is 307 g/mol. The summed E-state index contributed by atoms with van der Waals surface area (Å²) in [5.74, 6) is -2.10. The van der Waals surface area contributed by atoms with E-state index in [1.807, 2.05) is 0 Å². The average molecular weight is 307 g/mol. The number of nitrogens with one attached hydrogen (secondary N) is 1. The molecule has 0 radical (unpaired) electrons. The topological polar surface area (TPSA) is 95.9 Å². The maximum atomic E-state index is 12.8. The Bertz CT molecular complexity index is 636. The zero-order valence-corrected chi connectivity index (χ0v) is 11.5. The van der Waals surface area contributed by atoms with Crippen molar-refractivity contribution in [2.75, 3.05) is 6.54 Å². The molecule has 7 heteroatoms. The molecule has 1 aromatic carbocycles. The van der Waals surface area contributed by atoms with E-state index < -0.39 is 18.0 Å². The van der Waals surface area contributed by atoms with Crippen LogP contribution in [0.25, 0.3) is 0 Å². The van der Waals surface area contributed by atoms with Crippen LogP contribution in [0.1, 0.15) is 6.42 Å². The second-order valence-corrected chi connectivity index (χ2v) is 4.63. The van der Waals surface area contributed by atoms with Gasteiger partial charge in [-0.2, -0.15) is 0 Å². The van der Waals surface area contributed by atoms with Gasteiger partial charge in [-0.3, -0.25) is 0 Å². The zero-order valence-electron chi connectivity index (χ0n) is 11.5. The van der Waals surface area contributed by atoms with Crippen LogP contribution < -0.4 is 10.1 Å². The summed E-state index contributed by atoms with van der Waals surface area (Å²) >= 11 is 0. The van der Waals surface area contributed by atoms with Gasteiger partial charge in [-0.1, -0.05) is 0 Å². The minimum absolute atomic E-state index is 0.183. The predicted octanol–water partition coefficient (Wildman–Crippen LogP) is 1.55. The average Bonchev–Trinajstić information content (AvgIpc) is 2.47. The van der Waals surface area contributed by atoms with E-state index in [1.54, 1.807) is 6.08 Å². The molecule has 0 bridgehead atoms. The first-order chi connectivity index (χ1) is 10.5. The van der Waals surface area contributed by atoms with Gasteiger partial charge in [-0.15, -0.1) is 0 Å². The number of halogens is 1. The number of carboxylic acid groups (broad SMARTS) is 2. The third-order valence-electron chi connectivity index (χ3n) is 3.06. The van der Waals surface area contributed by atoms with E-state index in [4.69, 9.17) is 14.9 Å². The highest BCUT2D eigenvalue weighted by Crippen LogP contribution is 2.21. The van der Waals surface area contributed by atoms with Crippen molar-refractivity contribution in [1.29, 1.82) is 0 Å². The second kappa shape index (κ2) is 6.86. The van der Waals surface area contributed by atoms with Crippen molar-refractivity contribution < 1.29 is 28.9 Å². The summed E-state index contributed by atoms with van der Waals surface area (Å²) < 4.78 is 18.4. The molecule has 1 heterocycles. The third kappa shape index (κ3) is 4.16. The molecule has 3 N–H and O–H groups in total. The van der Waals surface area contributed by atoms with Crippen molar-refractivity contribution in [2.24, 2.45) is 0 Å². The minimum Gasteiger partial charge on any atom is -0.478 e. The van der Waals surface area contributed by atoms with E-state index in [9.17, 15) is 14.0 Å². The van der Waals surface area contributed by atoms with Gasteiger partial charge < -0.3 is 20.3 Å². The maximum Gasteiger partial charge on any atom is 0.333 e. The molecule has 0 aromatic heterocycles. The van der Waals surface area contributed by atoms with Gasteiger partial charge in [0.1, 0.15) is 17.3 Å². The lowest BCUT2D eigenvalue weighted by atomic mass is 9.99. The van der Waals surface area contributed by atoms with E-state index in [0.717, 1.165) is 0 Å². The first-order valence-electron chi connectivity index (χ1n) is 6.49. The molecule has 0 aliphatic carbocycles. The standard InChI is InChI=1S/C15H14FNO5/c16-9-1-3-10(4-2-9)22-11-5-6-17-13(7-11)12(15(20)21)8-14(18)19/h1-5,8,13,17H,6-7H2,(H,18,19)(H,20,21). The molecule has 1 atom stereocenters. The Morgan fingerprint density at radius 1 is 1.27 bits per heavy atom. The quantitative estimate of drug-likeness (QED) is 0.714. The summed E-state index contributed by atoms with van der Waals surface area (Å²) in [7, 11) is 0. The lowest BCUT2D eigenvalue weighted by Gasteiger charge is -2.24. The van der Waals surface area contributed by atoms with Gasteiger partial charge in [0.15, 0.2) is 0 Å². The summed E-state index contributed by atoms with van der Waals surface area (Å²) in [4.78, 5) is 21.9. The SMILES string of the molecule is O=C(O)C=C(C(=O)O)C1CC(Oc2ccc(F)cc2)=CCN1. The van der Waals surface area contributed by atoms with E-state index in [2.05, 4.69) is 5.32 Å². The van der Waals surface area contributed by atoms with Crippen molar-refractivity contribution in [3.05, 3.63) is 53.6 Å². The van der Waals surface area contributed by atoms with Gasteiger partial charge in [0.2, 0.25) is 0 Å². The maximum absolute atomic E-state index is 12.8. The van der Waals surface area contributed by atoms with Gasteiger partial charge >= 0.3 is 11.9 Å². The summed E-state index contributed by atoms with van der Waals surface area (Å²) in [6.07, 6.45) is 2.57. The van der Waals surface area contributed by atoms with Crippen molar-refractivity contribution in [1.82, 2.24) is 5.32 Å². The van der Waals surface area contributed by atoms with Crippen molar-refractivity contribution >= 4 is 11.9 Å². The molecule has 6 nitrogen and oxygen atoms in total. The number of ether oxygens (including phenoxy) is 1. The van der Waals surface area contributed by atoms with Crippen LogP contribution in [0.5, 0.6) is 5.75 Å². The Morgan fingerprint density at radius 2 is 1.95 bits per heavy atom. The summed E-state index contributed by atoms with van der Waals surface area (Å²) in [5.41, 5.74) is -0.249. The second-order valence-electron chi connectivity index (χ2n) is 4.63. The summed E-state index contributed by atoms with van der Waals surface area (Å²) in [6.45, 7) is 0.339. The molecule has 0 amide bonds. The van der Waals surface area contributed by atoms with Crippen molar-refractivity contribution in [3.63, 3.8) is 0 Å². The highest BCUT2D eigenvalue weighted by atomic mass is 19.1. The first kappa shape index (κ1) is 15.7. The van der Waals surface area contributed by atoms with Gasteiger partial charge in [0.25, 0.3) is 0 Å². The highest BCUT2D eigenvalue weighted by Gasteiger charge is 2.25. The van der Waals surface area contributed by atoms with Crippen LogP contribution in [0.2, 0.25) is 0 Å². The van der Waals surface area contributed by atoms with Crippen molar-refractivity contribution in [3.8, 4) is 5.75 Å². The molecular formula is C15H14FNO5. The molecule has 1 aromatic rings.